The SMILES string of the molecule is CCCCCCCCN=C1N=C(N)N(c2ccccc2)C(C)(C)N1. The highest BCUT2D eigenvalue weighted by Crippen LogP contribution is 2.24. The Bertz CT molecular complexity index is 562. The van der Waals surface area contributed by atoms with Gasteiger partial charge in [-0.2, -0.15) is 4.99 Å². The summed E-state index contributed by atoms with van der Waals surface area (Å²) in [5.41, 5.74) is 6.87. The van der Waals surface area contributed by atoms with E-state index in [1.54, 1.807) is 0 Å². The van der Waals surface area contributed by atoms with Crippen molar-refractivity contribution in [1.29, 1.82) is 0 Å². The summed E-state index contributed by atoms with van der Waals surface area (Å²) in [6.45, 7) is 7.21. The van der Waals surface area contributed by atoms with Gasteiger partial charge in [-0.05, 0) is 32.4 Å². The third-order valence-corrected chi connectivity index (χ3v) is 4.21. The number of unbranched alkanes of at least 4 members (excludes halogenated alkanes) is 5. The molecule has 0 atom stereocenters. The minimum Gasteiger partial charge on any atom is -0.369 e. The fourth-order valence-corrected chi connectivity index (χ4v) is 2.99. The molecule has 0 radical (unpaired) electrons. The summed E-state index contributed by atoms with van der Waals surface area (Å²) in [6.07, 6.45) is 7.58. The average Bonchev–Trinajstić information content (AvgIpc) is 2.53. The van der Waals surface area contributed by atoms with E-state index in [0.29, 0.717) is 11.9 Å². The topological polar surface area (TPSA) is 66.0 Å². The van der Waals surface area contributed by atoms with Crippen LogP contribution in [-0.4, -0.2) is 24.1 Å². The summed E-state index contributed by atoms with van der Waals surface area (Å²) in [5.74, 6) is 1.12. The molecule has 1 aromatic carbocycles. The number of anilines is 1. The van der Waals surface area contributed by atoms with Crippen LogP contribution in [0.3, 0.4) is 0 Å². The van der Waals surface area contributed by atoms with Crippen LogP contribution in [0.4, 0.5) is 5.69 Å². The van der Waals surface area contributed by atoms with Crippen molar-refractivity contribution >= 4 is 17.6 Å². The van der Waals surface area contributed by atoms with Gasteiger partial charge in [-0.25, -0.2) is 0 Å². The Morgan fingerprint density at radius 2 is 1.75 bits per heavy atom. The Kier molecular flexibility index (Phi) is 6.64. The summed E-state index contributed by atoms with van der Waals surface area (Å²) in [7, 11) is 0. The molecule has 1 heterocycles. The molecule has 24 heavy (non-hydrogen) atoms. The first kappa shape index (κ1) is 18.3. The van der Waals surface area contributed by atoms with Gasteiger partial charge in [0, 0.05) is 12.2 Å². The Hall–Kier alpha value is -2.04. The molecule has 0 saturated carbocycles. The van der Waals surface area contributed by atoms with Gasteiger partial charge >= 0.3 is 0 Å². The number of hydrogen-bond donors (Lipinski definition) is 2. The molecule has 5 heteroatoms. The molecule has 0 aromatic heterocycles. The zero-order valence-corrected chi connectivity index (χ0v) is 15.3. The van der Waals surface area contributed by atoms with Gasteiger partial charge in [0.05, 0.1) is 0 Å². The smallest absolute Gasteiger partial charge is 0.223 e. The van der Waals surface area contributed by atoms with Gasteiger partial charge in [0.15, 0.2) is 0 Å². The van der Waals surface area contributed by atoms with Crippen LogP contribution in [0, 0.1) is 0 Å². The van der Waals surface area contributed by atoms with Crippen molar-refractivity contribution in [2.45, 2.75) is 65.0 Å². The standard InChI is InChI=1S/C19H31N5/c1-4-5-6-7-8-12-15-21-18-22-17(20)24(19(2,3)23-18)16-13-10-9-11-14-16/h9-11,13-14H,4-8,12,15H2,1-3H3,(H3,20,21,22,23). The van der Waals surface area contributed by atoms with E-state index >= 15 is 0 Å². The summed E-state index contributed by atoms with van der Waals surface area (Å²) < 4.78 is 0. The van der Waals surface area contributed by atoms with Crippen molar-refractivity contribution in [1.82, 2.24) is 5.32 Å². The largest absolute Gasteiger partial charge is 0.369 e. The van der Waals surface area contributed by atoms with Crippen molar-refractivity contribution in [3.63, 3.8) is 0 Å². The summed E-state index contributed by atoms with van der Waals surface area (Å²) in [5, 5.41) is 3.39. The van der Waals surface area contributed by atoms with E-state index in [1.807, 2.05) is 35.2 Å². The Morgan fingerprint density at radius 3 is 2.42 bits per heavy atom. The lowest BCUT2D eigenvalue weighted by atomic mass is 10.1. The zero-order valence-electron chi connectivity index (χ0n) is 15.3. The lowest BCUT2D eigenvalue weighted by Gasteiger charge is -2.43. The molecule has 5 nitrogen and oxygen atoms in total. The van der Waals surface area contributed by atoms with Gasteiger partial charge in [0.2, 0.25) is 11.9 Å². The maximum Gasteiger partial charge on any atom is 0.223 e. The second kappa shape index (κ2) is 8.71. The number of nitrogens with two attached hydrogens (primary N) is 1. The molecule has 0 spiro atoms. The van der Waals surface area contributed by atoms with Gasteiger partial charge in [0.25, 0.3) is 0 Å². The number of aliphatic imine (C=N–C) groups is 2. The van der Waals surface area contributed by atoms with Gasteiger partial charge in [0.1, 0.15) is 5.66 Å². The van der Waals surface area contributed by atoms with Crippen LogP contribution >= 0.6 is 0 Å². The first-order valence-electron chi connectivity index (χ1n) is 9.06. The van der Waals surface area contributed by atoms with E-state index in [2.05, 4.69) is 36.1 Å². The van der Waals surface area contributed by atoms with Gasteiger partial charge in [-0.15, -0.1) is 0 Å². The number of para-hydroxylation sites is 1. The second-order valence-corrected chi connectivity index (χ2v) is 6.80. The number of nitrogens with zero attached hydrogens (tertiary/aromatic N) is 3. The number of rotatable bonds is 8. The highest BCUT2D eigenvalue weighted by molar-refractivity contribution is 6.06. The van der Waals surface area contributed by atoms with Crippen LogP contribution in [0.25, 0.3) is 0 Å². The molecular formula is C19H31N5. The Morgan fingerprint density at radius 1 is 1.08 bits per heavy atom. The van der Waals surface area contributed by atoms with Crippen molar-refractivity contribution in [2.75, 3.05) is 11.4 Å². The zero-order chi connectivity index (χ0) is 17.4. The van der Waals surface area contributed by atoms with Crippen molar-refractivity contribution in [3.05, 3.63) is 30.3 Å². The summed E-state index contributed by atoms with van der Waals surface area (Å²) in [4.78, 5) is 11.0. The van der Waals surface area contributed by atoms with Crippen LogP contribution < -0.4 is 16.0 Å². The predicted octanol–water partition coefficient (Wildman–Crippen LogP) is 3.86. The van der Waals surface area contributed by atoms with Crippen molar-refractivity contribution in [2.24, 2.45) is 15.7 Å². The molecule has 3 N–H and O–H groups in total. The van der Waals surface area contributed by atoms with Crippen molar-refractivity contribution < 1.29 is 0 Å². The molecule has 1 aromatic rings. The lowest BCUT2D eigenvalue weighted by Crippen LogP contribution is -2.64. The molecular weight excluding hydrogens is 298 g/mol. The molecule has 0 aliphatic carbocycles. The van der Waals surface area contributed by atoms with E-state index in [-0.39, 0.29) is 5.66 Å². The van der Waals surface area contributed by atoms with Gasteiger partial charge in [-0.1, -0.05) is 57.2 Å². The lowest BCUT2D eigenvalue weighted by molar-refractivity contribution is 0.465. The number of guanidine groups is 2. The molecule has 0 unspecified atom stereocenters. The van der Waals surface area contributed by atoms with Crippen LogP contribution in [0.5, 0.6) is 0 Å². The summed E-state index contributed by atoms with van der Waals surface area (Å²) in [6, 6.07) is 10.1. The highest BCUT2D eigenvalue weighted by atomic mass is 15.5. The normalized spacial score (nSPS) is 18.4. The maximum absolute atomic E-state index is 6.22. The molecule has 0 amide bonds. The minimum atomic E-state index is -0.368. The quantitative estimate of drug-likeness (QED) is 0.712. The van der Waals surface area contributed by atoms with Crippen molar-refractivity contribution in [3.8, 4) is 0 Å². The van der Waals surface area contributed by atoms with E-state index in [9.17, 15) is 0 Å². The van der Waals surface area contributed by atoms with Crippen LogP contribution in [-0.2, 0) is 0 Å². The molecule has 132 valence electrons. The highest BCUT2D eigenvalue weighted by Gasteiger charge is 2.34. The van der Waals surface area contributed by atoms with Crippen LogP contribution in [0.1, 0.15) is 59.3 Å². The fourth-order valence-electron chi connectivity index (χ4n) is 2.99. The number of hydrogen-bond acceptors (Lipinski definition) is 3. The van der Waals surface area contributed by atoms with E-state index in [0.717, 1.165) is 18.7 Å². The Balaban J connectivity index is 1.95. The molecule has 1 aliphatic heterocycles. The molecule has 0 fully saturated rings. The third-order valence-electron chi connectivity index (χ3n) is 4.21. The maximum atomic E-state index is 6.22. The number of benzene rings is 1. The third kappa shape index (κ3) is 4.98. The first-order chi connectivity index (χ1) is 11.5. The average molecular weight is 329 g/mol. The van der Waals surface area contributed by atoms with E-state index in [4.69, 9.17) is 5.73 Å². The molecule has 1 aliphatic rings. The predicted molar refractivity (Wildman–Crippen MR) is 103 cm³/mol. The Labute approximate surface area is 146 Å². The van der Waals surface area contributed by atoms with Crippen LogP contribution in [0.2, 0.25) is 0 Å². The summed E-state index contributed by atoms with van der Waals surface area (Å²) >= 11 is 0. The second-order valence-electron chi connectivity index (χ2n) is 6.80. The van der Waals surface area contributed by atoms with Crippen LogP contribution in [0.15, 0.2) is 40.3 Å². The van der Waals surface area contributed by atoms with E-state index in [1.165, 1.54) is 32.1 Å². The monoisotopic (exact) mass is 329 g/mol. The number of nitrogens with one attached hydrogen (secondary N) is 1. The van der Waals surface area contributed by atoms with E-state index < -0.39 is 0 Å². The molecule has 0 bridgehead atoms. The molecule has 2 rings (SSSR count). The van der Waals surface area contributed by atoms with Gasteiger partial charge < -0.3 is 11.1 Å². The van der Waals surface area contributed by atoms with Gasteiger partial charge in [-0.3, -0.25) is 9.89 Å². The first-order valence-corrected chi connectivity index (χ1v) is 9.06. The fraction of sp³-hybridized carbons (Fsp3) is 0.579. The minimum absolute atomic E-state index is 0.368. The molecule has 0 saturated heterocycles.